The van der Waals surface area contributed by atoms with E-state index in [1.54, 1.807) is 23.0 Å². The van der Waals surface area contributed by atoms with Crippen molar-refractivity contribution in [1.82, 2.24) is 20.0 Å². The summed E-state index contributed by atoms with van der Waals surface area (Å²) in [5, 5.41) is 7.52. The van der Waals surface area contributed by atoms with Gasteiger partial charge in [-0.3, -0.25) is 9.69 Å². The molecule has 4 rings (SSSR count). The number of aromatic nitrogens is 2. The summed E-state index contributed by atoms with van der Waals surface area (Å²) in [5.74, 6) is -0.121. The predicted octanol–water partition coefficient (Wildman–Crippen LogP) is 3.08. The van der Waals surface area contributed by atoms with Crippen LogP contribution in [0.1, 0.15) is 17.2 Å². The minimum absolute atomic E-state index is 0.0755. The summed E-state index contributed by atoms with van der Waals surface area (Å²) in [6.45, 7) is 4.00. The van der Waals surface area contributed by atoms with E-state index in [1.807, 2.05) is 54.7 Å². The molecule has 1 aromatic heterocycles. The highest BCUT2D eigenvalue weighted by Crippen LogP contribution is 2.16. The molecule has 0 aliphatic carbocycles. The predicted molar refractivity (Wildman–Crippen MR) is 117 cm³/mol. The second kappa shape index (κ2) is 10.0. The number of para-hydroxylation sites is 1. The van der Waals surface area contributed by atoms with E-state index in [2.05, 4.69) is 27.4 Å². The fourth-order valence-electron chi connectivity index (χ4n) is 3.50. The van der Waals surface area contributed by atoms with Crippen LogP contribution >= 0.6 is 0 Å². The lowest BCUT2D eigenvalue weighted by atomic mass is 10.1. The summed E-state index contributed by atoms with van der Waals surface area (Å²) in [7, 11) is 0. The van der Waals surface area contributed by atoms with E-state index < -0.39 is 0 Å². The fraction of sp³-hybridized carbons (Fsp3) is 0.250. The number of hydrogen-bond donors (Lipinski definition) is 1. The van der Waals surface area contributed by atoms with Gasteiger partial charge in [-0.25, -0.2) is 4.68 Å². The summed E-state index contributed by atoms with van der Waals surface area (Å²) >= 11 is 0. The van der Waals surface area contributed by atoms with Crippen molar-refractivity contribution in [2.24, 2.45) is 0 Å². The van der Waals surface area contributed by atoms with E-state index in [-0.39, 0.29) is 11.9 Å². The molecule has 0 radical (unpaired) electrons. The molecule has 2 aromatic carbocycles. The van der Waals surface area contributed by atoms with Crippen molar-refractivity contribution in [2.45, 2.75) is 6.04 Å². The number of ether oxygens (including phenoxy) is 1. The van der Waals surface area contributed by atoms with E-state index in [0.717, 1.165) is 49.7 Å². The Labute approximate surface area is 176 Å². The Bertz CT molecular complexity index is 963. The molecule has 1 saturated heterocycles. The van der Waals surface area contributed by atoms with Gasteiger partial charge in [0.05, 0.1) is 31.1 Å². The van der Waals surface area contributed by atoms with Gasteiger partial charge in [0.25, 0.3) is 0 Å². The van der Waals surface area contributed by atoms with Crippen molar-refractivity contribution in [3.8, 4) is 5.69 Å². The van der Waals surface area contributed by atoms with Gasteiger partial charge in [-0.1, -0.05) is 48.5 Å². The van der Waals surface area contributed by atoms with Crippen LogP contribution in [0.2, 0.25) is 0 Å². The lowest BCUT2D eigenvalue weighted by Crippen LogP contribution is -2.42. The first-order chi connectivity index (χ1) is 14.8. The molecular weight excluding hydrogens is 376 g/mol. The zero-order valence-corrected chi connectivity index (χ0v) is 16.9. The van der Waals surface area contributed by atoms with Gasteiger partial charge in [0.2, 0.25) is 5.91 Å². The van der Waals surface area contributed by atoms with Gasteiger partial charge in [0, 0.05) is 37.5 Å². The fourth-order valence-corrected chi connectivity index (χ4v) is 3.50. The number of hydrogen-bond acceptors (Lipinski definition) is 4. The largest absolute Gasteiger partial charge is 0.379 e. The van der Waals surface area contributed by atoms with Crippen LogP contribution in [0.5, 0.6) is 0 Å². The first-order valence-corrected chi connectivity index (χ1v) is 10.2. The summed E-state index contributed by atoms with van der Waals surface area (Å²) < 4.78 is 7.24. The van der Waals surface area contributed by atoms with Crippen molar-refractivity contribution >= 4 is 12.0 Å². The van der Waals surface area contributed by atoms with Crippen molar-refractivity contribution in [2.75, 3.05) is 32.8 Å². The average Bonchev–Trinajstić information content (AvgIpc) is 3.28. The minimum atomic E-state index is -0.121. The lowest BCUT2D eigenvalue weighted by Gasteiger charge is -2.31. The molecule has 1 aliphatic heterocycles. The molecule has 1 aliphatic rings. The number of carbonyl (C=O) groups excluding carboxylic acids is 1. The molecule has 1 amide bonds. The minimum Gasteiger partial charge on any atom is -0.379 e. The van der Waals surface area contributed by atoms with Crippen LogP contribution in [0.3, 0.4) is 0 Å². The normalized spacial score (nSPS) is 15.9. The Morgan fingerprint density at radius 2 is 1.77 bits per heavy atom. The van der Waals surface area contributed by atoms with Gasteiger partial charge in [0.15, 0.2) is 0 Å². The maximum absolute atomic E-state index is 12.7. The van der Waals surface area contributed by atoms with Gasteiger partial charge in [0.1, 0.15) is 0 Å². The van der Waals surface area contributed by atoms with Crippen LogP contribution in [-0.2, 0) is 9.53 Å². The highest BCUT2D eigenvalue weighted by molar-refractivity contribution is 5.91. The molecular formula is C24H26N4O2. The smallest absolute Gasteiger partial charge is 0.244 e. The molecule has 6 heteroatoms. The number of morpholine rings is 1. The number of carbonyl (C=O) groups is 1. The van der Waals surface area contributed by atoms with Crippen LogP contribution < -0.4 is 5.32 Å². The zero-order chi connectivity index (χ0) is 20.6. The van der Waals surface area contributed by atoms with Crippen LogP contribution in [-0.4, -0.2) is 53.4 Å². The van der Waals surface area contributed by atoms with Gasteiger partial charge >= 0.3 is 0 Å². The number of nitrogens with one attached hydrogen (secondary N) is 1. The Hall–Kier alpha value is -3.22. The molecule has 1 atom stereocenters. The van der Waals surface area contributed by atoms with Crippen LogP contribution in [0, 0.1) is 0 Å². The maximum atomic E-state index is 12.7. The highest BCUT2D eigenvalue weighted by atomic mass is 16.5. The number of benzene rings is 2. The van der Waals surface area contributed by atoms with Crippen molar-refractivity contribution in [3.63, 3.8) is 0 Å². The summed E-state index contributed by atoms with van der Waals surface area (Å²) in [6, 6.07) is 19.9. The second-order valence-corrected chi connectivity index (χ2v) is 7.27. The lowest BCUT2D eigenvalue weighted by molar-refractivity contribution is -0.117. The second-order valence-electron chi connectivity index (χ2n) is 7.27. The van der Waals surface area contributed by atoms with Crippen molar-refractivity contribution in [1.29, 1.82) is 0 Å². The Kier molecular flexibility index (Phi) is 6.69. The van der Waals surface area contributed by atoms with E-state index in [4.69, 9.17) is 4.74 Å². The zero-order valence-electron chi connectivity index (χ0n) is 16.9. The Morgan fingerprint density at radius 3 is 2.50 bits per heavy atom. The van der Waals surface area contributed by atoms with Crippen LogP contribution in [0.15, 0.2) is 79.1 Å². The van der Waals surface area contributed by atoms with Gasteiger partial charge in [-0.05, 0) is 23.8 Å². The number of rotatable bonds is 7. The Balaban J connectivity index is 1.41. The van der Waals surface area contributed by atoms with E-state index in [1.165, 1.54) is 0 Å². The summed E-state index contributed by atoms with van der Waals surface area (Å²) in [6.07, 6.45) is 7.01. The molecule has 1 fully saturated rings. The number of amides is 1. The molecule has 6 nitrogen and oxygen atoms in total. The maximum Gasteiger partial charge on any atom is 0.244 e. The van der Waals surface area contributed by atoms with Gasteiger partial charge < -0.3 is 10.1 Å². The van der Waals surface area contributed by atoms with Crippen LogP contribution in [0.25, 0.3) is 11.8 Å². The van der Waals surface area contributed by atoms with E-state index in [9.17, 15) is 4.79 Å². The average molecular weight is 402 g/mol. The molecule has 0 saturated carbocycles. The van der Waals surface area contributed by atoms with E-state index in [0.29, 0.717) is 0 Å². The van der Waals surface area contributed by atoms with Gasteiger partial charge in [-0.15, -0.1) is 0 Å². The Morgan fingerprint density at radius 1 is 1.07 bits per heavy atom. The van der Waals surface area contributed by atoms with Gasteiger partial charge in [-0.2, -0.15) is 5.10 Å². The quantitative estimate of drug-likeness (QED) is 0.617. The van der Waals surface area contributed by atoms with Crippen LogP contribution in [0.4, 0.5) is 0 Å². The standard InChI is InChI=1S/C24H26N4O2/c29-24(12-11-20-17-25-28(18-20)22-9-5-2-6-10-22)26-23(21-7-3-1-4-8-21)19-27-13-15-30-16-14-27/h1-12,17-18,23H,13-16,19H2,(H,26,29)/b12-11+. The molecule has 2 heterocycles. The third-order valence-corrected chi connectivity index (χ3v) is 5.11. The topological polar surface area (TPSA) is 59.4 Å². The molecule has 0 spiro atoms. The molecule has 1 unspecified atom stereocenters. The monoisotopic (exact) mass is 402 g/mol. The first-order valence-electron chi connectivity index (χ1n) is 10.2. The molecule has 3 aromatic rings. The third-order valence-electron chi connectivity index (χ3n) is 5.11. The number of nitrogens with zero attached hydrogens (tertiary/aromatic N) is 3. The summed E-state index contributed by atoms with van der Waals surface area (Å²) in [5.41, 5.74) is 2.96. The van der Waals surface area contributed by atoms with Crippen molar-refractivity contribution in [3.05, 3.63) is 90.3 Å². The molecule has 154 valence electrons. The first kappa shape index (κ1) is 20.1. The molecule has 30 heavy (non-hydrogen) atoms. The third kappa shape index (κ3) is 5.43. The van der Waals surface area contributed by atoms with E-state index >= 15 is 0 Å². The molecule has 1 N–H and O–H groups in total. The highest BCUT2D eigenvalue weighted by Gasteiger charge is 2.19. The van der Waals surface area contributed by atoms with Crippen molar-refractivity contribution < 1.29 is 9.53 Å². The molecule has 0 bridgehead atoms. The summed E-state index contributed by atoms with van der Waals surface area (Å²) in [4.78, 5) is 15.0. The SMILES string of the molecule is O=C(/C=C/c1cnn(-c2ccccc2)c1)NC(CN1CCOCC1)c1ccccc1.